The zero-order valence-electron chi connectivity index (χ0n) is 8.68. The Kier molecular flexibility index (Phi) is 4.08. The molecular formula is C10H9BrO6. The van der Waals surface area contributed by atoms with E-state index in [4.69, 9.17) is 20.1 Å². The van der Waals surface area contributed by atoms with Crippen LogP contribution in [-0.4, -0.2) is 33.5 Å². The topological polar surface area (TPSA) is 104 Å². The Morgan fingerprint density at radius 1 is 1.29 bits per heavy atom. The number of aliphatic hydroxyl groups is 1. The highest BCUT2D eigenvalue weighted by molar-refractivity contribution is 9.10. The van der Waals surface area contributed by atoms with Gasteiger partial charge in [0.1, 0.15) is 5.75 Å². The van der Waals surface area contributed by atoms with Gasteiger partial charge in [-0.3, -0.25) is 0 Å². The van der Waals surface area contributed by atoms with Crippen LogP contribution in [0.1, 0.15) is 27.6 Å². The maximum Gasteiger partial charge on any atom is 0.337 e. The van der Waals surface area contributed by atoms with Crippen molar-refractivity contribution in [3.8, 4) is 5.75 Å². The number of carboxylic acids is 2. The molecule has 0 aliphatic carbocycles. The standard InChI is InChI=1S/C10H9BrO6/c1-4(12)17-6-3-2-5(9(13)14)7(8(6)11)10(15)16/h2-4,12H,1H3,(H,13,14)(H,15,16). The molecule has 0 bridgehead atoms. The molecule has 1 atom stereocenters. The molecule has 1 aromatic rings. The van der Waals surface area contributed by atoms with Crippen molar-refractivity contribution in [1.82, 2.24) is 0 Å². The zero-order valence-corrected chi connectivity index (χ0v) is 10.3. The van der Waals surface area contributed by atoms with Gasteiger partial charge in [-0.25, -0.2) is 9.59 Å². The summed E-state index contributed by atoms with van der Waals surface area (Å²) in [5.74, 6) is -2.69. The third-order valence-corrected chi connectivity index (χ3v) is 2.64. The van der Waals surface area contributed by atoms with Gasteiger partial charge >= 0.3 is 11.9 Å². The SMILES string of the molecule is CC(O)Oc1ccc(C(=O)O)c(C(=O)O)c1Br. The third kappa shape index (κ3) is 2.95. The normalized spacial score (nSPS) is 11.9. The molecular weight excluding hydrogens is 296 g/mol. The molecule has 6 nitrogen and oxygen atoms in total. The second-order valence-corrected chi connectivity index (χ2v) is 3.92. The predicted molar refractivity (Wildman–Crippen MR) is 60.4 cm³/mol. The molecule has 0 aromatic heterocycles. The number of aromatic carboxylic acids is 2. The van der Waals surface area contributed by atoms with E-state index < -0.39 is 23.8 Å². The molecule has 1 unspecified atom stereocenters. The summed E-state index contributed by atoms with van der Waals surface area (Å²) in [6.45, 7) is 1.35. The first kappa shape index (κ1) is 13.5. The maximum atomic E-state index is 11.0. The lowest BCUT2D eigenvalue weighted by Gasteiger charge is -2.13. The van der Waals surface area contributed by atoms with E-state index in [2.05, 4.69) is 15.9 Å². The summed E-state index contributed by atoms with van der Waals surface area (Å²) in [4.78, 5) is 21.8. The summed E-state index contributed by atoms with van der Waals surface area (Å²) in [6.07, 6.45) is -1.14. The lowest BCUT2D eigenvalue weighted by Crippen LogP contribution is -2.13. The third-order valence-electron chi connectivity index (χ3n) is 1.85. The second kappa shape index (κ2) is 5.15. The Morgan fingerprint density at radius 2 is 1.88 bits per heavy atom. The van der Waals surface area contributed by atoms with Crippen LogP contribution in [0.3, 0.4) is 0 Å². The first-order chi connectivity index (χ1) is 7.84. The van der Waals surface area contributed by atoms with Crippen LogP contribution in [0.15, 0.2) is 16.6 Å². The minimum Gasteiger partial charge on any atom is -0.478 e. The van der Waals surface area contributed by atoms with Crippen LogP contribution in [0.5, 0.6) is 5.75 Å². The van der Waals surface area contributed by atoms with Gasteiger partial charge in [-0.2, -0.15) is 0 Å². The van der Waals surface area contributed by atoms with Gasteiger partial charge in [-0.05, 0) is 35.0 Å². The van der Waals surface area contributed by atoms with Crippen LogP contribution in [0.4, 0.5) is 0 Å². The van der Waals surface area contributed by atoms with Crippen molar-refractivity contribution in [2.75, 3.05) is 0 Å². The molecule has 0 radical (unpaired) electrons. The number of hydrogen-bond acceptors (Lipinski definition) is 4. The molecule has 3 N–H and O–H groups in total. The Hall–Kier alpha value is -1.60. The molecule has 92 valence electrons. The van der Waals surface area contributed by atoms with Crippen molar-refractivity contribution in [3.05, 3.63) is 27.7 Å². The smallest absolute Gasteiger partial charge is 0.337 e. The average Bonchev–Trinajstić information content (AvgIpc) is 2.19. The fourth-order valence-electron chi connectivity index (χ4n) is 1.22. The fourth-order valence-corrected chi connectivity index (χ4v) is 1.83. The van der Waals surface area contributed by atoms with Crippen molar-refractivity contribution in [2.24, 2.45) is 0 Å². The number of ether oxygens (including phenoxy) is 1. The summed E-state index contributed by atoms with van der Waals surface area (Å²) in [5.41, 5.74) is -0.780. The van der Waals surface area contributed by atoms with Crippen molar-refractivity contribution >= 4 is 27.9 Å². The molecule has 7 heteroatoms. The molecule has 0 amide bonds. The van der Waals surface area contributed by atoms with E-state index in [0.717, 1.165) is 6.07 Å². The fraction of sp³-hybridized carbons (Fsp3) is 0.200. The first-order valence-corrected chi connectivity index (χ1v) is 5.27. The van der Waals surface area contributed by atoms with Crippen LogP contribution in [0.25, 0.3) is 0 Å². The number of rotatable bonds is 4. The second-order valence-electron chi connectivity index (χ2n) is 3.13. The van der Waals surface area contributed by atoms with Gasteiger partial charge in [0.25, 0.3) is 0 Å². The van der Waals surface area contributed by atoms with Gasteiger partial charge in [-0.1, -0.05) is 0 Å². The summed E-state index contributed by atoms with van der Waals surface area (Å²) in [7, 11) is 0. The van der Waals surface area contributed by atoms with Gasteiger partial charge < -0.3 is 20.1 Å². The first-order valence-electron chi connectivity index (χ1n) is 4.48. The largest absolute Gasteiger partial charge is 0.478 e. The van der Waals surface area contributed by atoms with Gasteiger partial charge in [-0.15, -0.1) is 0 Å². The lowest BCUT2D eigenvalue weighted by molar-refractivity contribution is -0.00103. The highest BCUT2D eigenvalue weighted by Crippen LogP contribution is 2.32. The van der Waals surface area contributed by atoms with Crippen molar-refractivity contribution in [3.63, 3.8) is 0 Å². The van der Waals surface area contributed by atoms with E-state index in [9.17, 15) is 9.59 Å². The van der Waals surface area contributed by atoms with E-state index in [1.807, 2.05) is 0 Å². The number of aliphatic hydroxyl groups excluding tert-OH is 1. The lowest BCUT2D eigenvalue weighted by atomic mass is 10.1. The molecule has 1 rings (SSSR count). The number of halogens is 1. The molecule has 17 heavy (non-hydrogen) atoms. The Morgan fingerprint density at radius 3 is 2.29 bits per heavy atom. The number of benzene rings is 1. The average molecular weight is 305 g/mol. The Labute approximate surface area is 105 Å². The van der Waals surface area contributed by atoms with Crippen LogP contribution in [0.2, 0.25) is 0 Å². The quantitative estimate of drug-likeness (QED) is 0.729. The van der Waals surface area contributed by atoms with E-state index in [-0.39, 0.29) is 15.8 Å². The molecule has 0 saturated heterocycles. The molecule has 1 aromatic carbocycles. The number of hydrogen-bond donors (Lipinski definition) is 3. The Bertz CT molecular complexity index is 468. The highest BCUT2D eigenvalue weighted by atomic mass is 79.9. The van der Waals surface area contributed by atoms with Crippen LogP contribution >= 0.6 is 15.9 Å². The van der Waals surface area contributed by atoms with Gasteiger partial charge in [0.2, 0.25) is 0 Å². The summed E-state index contributed by atoms with van der Waals surface area (Å²) < 4.78 is 4.90. The van der Waals surface area contributed by atoms with Crippen LogP contribution in [0, 0.1) is 0 Å². The summed E-state index contributed by atoms with van der Waals surface area (Å²) in [6, 6.07) is 2.38. The van der Waals surface area contributed by atoms with Gasteiger partial charge in [0.05, 0.1) is 15.6 Å². The van der Waals surface area contributed by atoms with E-state index in [1.54, 1.807) is 0 Å². The van der Waals surface area contributed by atoms with E-state index >= 15 is 0 Å². The summed E-state index contributed by atoms with van der Waals surface area (Å²) >= 11 is 2.95. The number of carboxylic acid groups (broad SMARTS) is 2. The van der Waals surface area contributed by atoms with Crippen molar-refractivity contribution < 1.29 is 29.6 Å². The zero-order chi connectivity index (χ0) is 13.2. The van der Waals surface area contributed by atoms with E-state index in [1.165, 1.54) is 13.0 Å². The molecule has 0 aliphatic heterocycles. The number of carbonyl (C=O) groups is 2. The molecule has 0 spiro atoms. The monoisotopic (exact) mass is 304 g/mol. The Balaban J connectivity index is 3.38. The van der Waals surface area contributed by atoms with Gasteiger partial charge in [0.15, 0.2) is 6.29 Å². The van der Waals surface area contributed by atoms with E-state index in [0.29, 0.717) is 0 Å². The van der Waals surface area contributed by atoms with Gasteiger partial charge in [0, 0.05) is 0 Å². The minimum atomic E-state index is -1.40. The molecule has 0 saturated carbocycles. The molecule has 0 fully saturated rings. The minimum absolute atomic E-state index is 0.0224. The predicted octanol–water partition coefficient (Wildman–Crippen LogP) is 1.56. The highest BCUT2D eigenvalue weighted by Gasteiger charge is 2.22. The molecule has 0 aliphatic rings. The summed E-state index contributed by atoms with van der Waals surface area (Å²) in [5, 5.41) is 26.8. The van der Waals surface area contributed by atoms with Crippen LogP contribution < -0.4 is 4.74 Å². The van der Waals surface area contributed by atoms with Crippen molar-refractivity contribution in [2.45, 2.75) is 13.2 Å². The van der Waals surface area contributed by atoms with Crippen LogP contribution in [-0.2, 0) is 0 Å². The molecule has 0 heterocycles. The van der Waals surface area contributed by atoms with Crippen molar-refractivity contribution in [1.29, 1.82) is 0 Å². The maximum absolute atomic E-state index is 11.0.